The minimum atomic E-state index is 0.472. The fourth-order valence-corrected chi connectivity index (χ4v) is 2.89. The predicted octanol–water partition coefficient (Wildman–Crippen LogP) is 1.97. The Morgan fingerprint density at radius 3 is 2.60 bits per heavy atom. The fraction of sp³-hybridized carbons (Fsp3) is 0.750. The molecule has 0 radical (unpaired) electrons. The molecule has 0 aromatic carbocycles. The summed E-state index contributed by atoms with van der Waals surface area (Å²) in [5, 5.41) is 0. The highest BCUT2D eigenvalue weighted by Gasteiger charge is 2.43. The van der Waals surface area contributed by atoms with E-state index in [1.54, 1.807) is 7.11 Å². The average molecular weight is 203 g/mol. The number of hydrogen-bond acceptors (Lipinski definition) is 1. The van der Waals surface area contributed by atoms with Crippen LogP contribution in [0.5, 0.6) is 0 Å². The van der Waals surface area contributed by atoms with Crippen molar-refractivity contribution in [2.24, 2.45) is 11.8 Å². The van der Waals surface area contributed by atoms with E-state index in [1.807, 2.05) is 0 Å². The van der Waals surface area contributed by atoms with Crippen molar-refractivity contribution in [1.29, 1.82) is 0 Å². The van der Waals surface area contributed by atoms with Crippen molar-refractivity contribution >= 4 is 15.9 Å². The molecule has 1 unspecified atom stereocenters. The van der Waals surface area contributed by atoms with Crippen LogP contribution in [0.15, 0.2) is 12.2 Å². The second-order valence-electron chi connectivity index (χ2n) is 3.08. The van der Waals surface area contributed by atoms with E-state index < -0.39 is 0 Å². The molecule has 0 spiro atoms. The molecule has 2 aliphatic rings. The van der Waals surface area contributed by atoms with Crippen molar-refractivity contribution in [2.45, 2.75) is 17.4 Å². The van der Waals surface area contributed by atoms with Crippen LogP contribution >= 0.6 is 15.9 Å². The van der Waals surface area contributed by atoms with Gasteiger partial charge in [-0.05, 0) is 12.3 Å². The van der Waals surface area contributed by atoms with Gasteiger partial charge in [-0.25, -0.2) is 0 Å². The largest absolute Gasteiger partial charge is 0.381 e. The van der Waals surface area contributed by atoms with Crippen LogP contribution in [0.25, 0.3) is 0 Å². The van der Waals surface area contributed by atoms with Crippen molar-refractivity contribution in [1.82, 2.24) is 0 Å². The molecule has 1 nitrogen and oxygen atoms in total. The van der Waals surface area contributed by atoms with E-state index in [0.717, 1.165) is 5.92 Å². The maximum Gasteiger partial charge on any atom is 0.0650 e. The third-order valence-electron chi connectivity index (χ3n) is 2.59. The first-order chi connectivity index (χ1) is 4.83. The maximum absolute atomic E-state index is 5.33. The van der Waals surface area contributed by atoms with Crippen LogP contribution in [0.3, 0.4) is 0 Å². The summed E-state index contributed by atoms with van der Waals surface area (Å²) in [6.45, 7) is 0. The van der Waals surface area contributed by atoms with E-state index in [4.69, 9.17) is 4.74 Å². The molecule has 0 amide bonds. The zero-order valence-electron chi connectivity index (χ0n) is 5.96. The van der Waals surface area contributed by atoms with E-state index in [9.17, 15) is 0 Å². The van der Waals surface area contributed by atoms with Crippen LogP contribution in [0.1, 0.15) is 6.42 Å². The Morgan fingerprint density at radius 1 is 1.50 bits per heavy atom. The molecule has 2 aliphatic carbocycles. The Balaban J connectivity index is 2.16. The monoisotopic (exact) mass is 202 g/mol. The van der Waals surface area contributed by atoms with Crippen LogP contribution in [0.4, 0.5) is 0 Å². The topological polar surface area (TPSA) is 9.23 Å². The Bertz CT molecular complexity index is 167. The Kier molecular flexibility index (Phi) is 1.61. The molecular weight excluding hydrogens is 192 g/mol. The second kappa shape index (κ2) is 2.35. The quantitative estimate of drug-likeness (QED) is 0.467. The minimum Gasteiger partial charge on any atom is -0.381 e. The number of ether oxygens (including phenoxy) is 1. The van der Waals surface area contributed by atoms with Gasteiger partial charge in [-0.3, -0.25) is 0 Å². The molecule has 56 valence electrons. The lowest BCUT2D eigenvalue weighted by molar-refractivity contribution is 0.0831. The van der Waals surface area contributed by atoms with Gasteiger partial charge in [0, 0.05) is 17.9 Å². The number of methoxy groups -OCH3 is 1. The predicted molar refractivity (Wildman–Crippen MR) is 44.2 cm³/mol. The average Bonchev–Trinajstić information content (AvgIpc) is 2.46. The summed E-state index contributed by atoms with van der Waals surface area (Å²) in [4.78, 5) is 0.650. The first kappa shape index (κ1) is 6.86. The molecule has 0 aliphatic heterocycles. The summed E-state index contributed by atoms with van der Waals surface area (Å²) in [5.74, 6) is 1.37. The van der Waals surface area contributed by atoms with E-state index >= 15 is 0 Å². The molecule has 0 N–H and O–H groups in total. The highest BCUT2D eigenvalue weighted by molar-refractivity contribution is 9.09. The number of halogens is 1. The number of alkyl halides is 1. The molecule has 0 aromatic heterocycles. The lowest BCUT2D eigenvalue weighted by atomic mass is 10.1. The van der Waals surface area contributed by atoms with Crippen molar-refractivity contribution in [2.75, 3.05) is 7.11 Å². The van der Waals surface area contributed by atoms with Gasteiger partial charge in [0.2, 0.25) is 0 Å². The third-order valence-corrected chi connectivity index (χ3v) is 3.88. The Hall–Kier alpha value is 0.180. The summed E-state index contributed by atoms with van der Waals surface area (Å²) < 4.78 is 5.33. The van der Waals surface area contributed by atoms with Crippen LogP contribution < -0.4 is 0 Å². The summed E-state index contributed by atoms with van der Waals surface area (Å²) in [6, 6.07) is 0. The van der Waals surface area contributed by atoms with Gasteiger partial charge in [-0.1, -0.05) is 28.1 Å². The second-order valence-corrected chi connectivity index (χ2v) is 4.14. The molecular formula is C8H11BrO. The maximum atomic E-state index is 5.33. The number of fused-ring (bicyclic) bond motifs is 2. The van der Waals surface area contributed by atoms with E-state index in [0.29, 0.717) is 16.8 Å². The van der Waals surface area contributed by atoms with Gasteiger partial charge < -0.3 is 4.74 Å². The molecule has 1 fully saturated rings. The number of rotatable bonds is 1. The van der Waals surface area contributed by atoms with E-state index in [1.165, 1.54) is 6.42 Å². The number of allylic oxidation sites excluding steroid dienone is 1. The smallest absolute Gasteiger partial charge is 0.0650 e. The minimum absolute atomic E-state index is 0.472. The van der Waals surface area contributed by atoms with Gasteiger partial charge in [-0.15, -0.1) is 0 Å². The van der Waals surface area contributed by atoms with Gasteiger partial charge in [-0.2, -0.15) is 0 Å². The summed E-state index contributed by atoms with van der Waals surface area (Å²) >= 11 is 3.67. The molecule has 2 rings (SSSR count). The lowest BCUT2D eigenvalue weighted by Crippen LogP contribution is -2.17. The Labute approximate surface area is 69.6 Å². The molecule has 4 atom stereocenters. The first-order valence-corrected chi connectivity index (χ1v) is 4.59. The Morgan fingerprint density at radius 2 is 2.30 bits per heavy atom. The number of hydrogen-bond donors (Lipinski definition) is 0. The van der Waals surface area contributed by atoms with Crippen LogP contribution in [-0.4, -0.2) is 18.0 Å². The van der Waals surface area contributed by atoms with E-state index in [-0.39, 0.29) is 0 Å². The summed E-state index contributed by atoms with van der Waals surface area (Å²) in [5.41, 5.74) is 0. The molecule has 0 aromatic rings. The molecule has 0 heterocycles. The zero-order valence-corrected chi connectivity index (χ0v) is 7.54. The zero-order chi connectivity index (χ0) is 7.14. The summed E-state index contributed by atoms with van der Waals surface area (Å²) in [7, 11) is 1.80. The van der Waals surface area contributed by atoms with Gasteiger partial charge in [0.25, 0.3) is 0 Å². The fourth-order valence-electron chi connectivity index (χ4n) is 1.99. The SMILES string of the molecule is CO[C@@H]1C[C@H]2C=C[C@@H]1C2Br. The van der Waals surface area contributed by atoms with Crippen LogP contribution in [0.2, 0.25) is 0 Å². The van der Waals surface area contributed by atoms with Crippen LogP contribution in [0, 0.1) is 11.8 Å². The van der Waals surface area contributed by atoms with Gasteiger partial charge in [0.1, 0.15) is 0 Å². The van der Waals surface area contributed by atoms with Crippen LogP contribution in [-0.2, 0) is 4.74 Å². The highest BCUT2D eigenvalue weighted by Crippen LogP contribution is 2.44. The standard InChI is InChI=1S/C8H11BrO/c1-10-7-4-5-2-3-6(7)8(5)9/h2-3,5-8H,4H2,1H3/t5-,6+,7-,8?/m1/s1. The first-order valence-electron chi connectivity index (χ1n) is 3.68. The molecule has 1 saturated carbocycles. The van der Waals surface area contributed by atoms with Gasteiger partial charge >= 0.3 is 0 Å². The van der Waals surface area contributed by atoms with Crippen molar-refractivity contribution in [3.8, 4) is 0 Å². The summed E-state index contributed by atoms with van der Waals surface area (Å²) in [6.07, 6.45) is 6.26. The van der Waals surface area contributed by atoms with Crippen molar-refractivity contribution in [3.63, 3.8) is 0 Å². The lowest BCUT2D eigenvalue weighted by Gasteiger charge is -2.15. The third kappa shape index (κ3) is 0.785. The molecule has 0 saturated heterocycles. The molecule has 10 heavy (non-hydrogen) atoms. The van der Waals surface area contributed by atoms with Gasteiger partial charge in [0.05, 0.1) is 6.10 Å². The normalized spacial score (nSPS) is 50.6. The van der Waals surface area contributed by atoms with Crippen molar-refractivity contribution in [3.05, 3.63) is 12.2 Å². The molecule has 2 heteroatoms. The van der Waals surface area contributed by atoms with E-state index in [2.05, 4.69) is 28.1 Å². The van der Waals surface area contributed by atoms with Gasteiger partial charge in [0.15, 0.2) is 0 Å². The highest BCUT2D eigenvalue weighted by atomic mass is 79.9. The molecule has 2 bridgehead atoms. The van der Waals surface area contributed by atoms with Crippen molar-refractivity contribution < 1.29 is 4.74 Å².